The van der Waals surface area contributed by atoms with Gasteiger partial charge in [0.1, 0.15) is 17.3 Å². The molecular formula is C15H15BrFNO. The maximum Gasteiger partial charge on any atom is 0.131 e. The van der Waals surface area contributed by atoms with Gasteiger partial charge in [0.15, 0.2) is 0 Å². The Morgan fingerprint density at radius 2 is 1.95 bits per heavy atom. The number of aryl methyl sites for hydroxylation is 1. The van der Waals surface area contributed by atoms with Crippen LogP contribution in [0.2, 0.25) is 0 Å². The highest BCUT2D eigenvalue weighted by Gasteiger charge is 2.08. The van der Waals surface area contributed by atoms with Crippen molar-refractivity contribution in [3.05, 3.63) is 57.8 Å². The standard InChI is InChI=1S/C15H15BrFNO/c1-10-8-13(17)4-5-14(10)19-15-9-12(16)3-2-11(15)6-7-18/h2-5,8-9H,6-7,18H2,1H3. The van der Waals surface area contributed by atoms with Gasteiger partial charge in [-0.15, -0.1) is 0 Å². The normalized spacial score (nSPS) is 10.5. The minimum atomic E-state index is -0.263. The highest BCUT2D eigenvalue weighted by atomic mass is 79.9. The molecular weight excluding hydrogens is 309 g/mol. The molecule has 2 rings (SSSR count). The average molecular weight is 324 g/mol. The third-order valence-corrected chi connectivity index (χ3v) is 3.29. The van der Waals surface area contributed by atoms with E-state index >= 15 is 0 Å². The molecule has 0 aromatic heterocycles. The predicted molar refractivity (Wildman–Crippen MR) is 78.1 cm³/mol. The molecule has 0 unspecified atom stereocenters. The smallest absolute Gasteiger partial charge is 0.131 e. The van der Waals surface area contributed by atoms with Crippen molar-refractivity contribution in [1.29, 1.82) is 0 Å². The van der Waals surface area contributed by atoms with Crippen molar-refractivity contribution in [1.82, 2.24) is 0 Å². The fourth-order valence-electron chi connectivity index (χ4n) is 1.83. The zero-order valence-corrected chi connectivity index (χ0v) is 12.2. The van der Waals surface area contributed by atoms with Gasteiger partial charge in [0, 0.05) is 4.47 Å². The van der Waals surface area contributed by atoms with E-state index in [0.717, 1.165) is 27.8 Å². The fraction of sp³-hybridized carbons (Fsp3) is 0.200. The monoisotopic (exact) mass is 323 g/mol. The maximum atomic E-state index is 13.1. The third kappa shape index (κ3) is 3.55. The predicted octanol–water partition coefficient (Wildman–Crippen LogP) is 4.19. The highest BCUT2D eigenvalue weighted by Crippen LogP contribution is 2.30. The first-order valence-electron chi connectivity index (χ1n) is 6.02. The van der Waals surface area contributed by atoms with E-state index < -0.39 is 0 Å². The Labute approximate surface area is 120 Å². The number of rotatable bonds is 4. The van der Waals surface area contributed by atoms with Crippen LogP contribution >= 0.6 is 15.9 Å². The van der Waals surface area contributed by atoms with Crippen molar-refractivity contribution in [2.24, 2.45) is 5.73 Å². The molecule has 0 saturated carbocycles. The Morgan fingerprint density at radius 1 is 1.16 bits per heavy atom. The molecule has 0 saturated heterocycles. The Hall–Kier alpha value is -1.39. The molecule has 0 atom stereocenters. The molecule has 0 bridgehead atoms. The van der Waals surface area contributed by atoms with Crippen molar-refractivity contribution in [3.8, 4) is 11.5 Å². The van der Waals surface area contributed by atoms with Gasteiger partial charge in [-0.2, -0.15) is 0 Å². The molecule has 0 aliphatic rings. The second kappa shape index (κ2) is 6.17. The zero-order chi connectivity index (χ0) is 13.8. The lowest BCUT2D eigenvalue weighted by atomic mass is 10.1. The molecule has 2 nitrogen and oxygen atoms in total. The summed E-state index contributed by atoms with van der Waals surface area (Å²) in [6, 6.07) is 10.3. The van der Waals surface area contributed by atoms with Gasteiger partial charge in [-0.25, -0.2) is 4.39 Å². The fourth-order valence-corrected chi connectivity index (χ4v) is 2.17. The van der Waals surface area contributed by atoms with Crippen molar-refractivity contribution < 1.29 is 9.13 Å². The van der Waals surface area contributed by atoms with Gasteiger partial charge in [-0.1, -0.05) is 22.0 Å². The van der Waals surface area contributed by atoms with Crippen LogP contribution in [0.25, 0.3) is 0 Å². The van der Waals surface area contributed by atoms with Crippen LogP contribution in [0.1, 0.15) is 11.1 Å². The van der Waals surface area contributed by atoms with Crippen molar-refractivity contribution in [2.75, 3.05) is 6.54 Å². The number of hydrogen-bond donors (Lipinski definition) is 1. The minimum Gasteiger partial charge on any atom is -0.457 e. The van der Waals surface area contributed by atoms with E-state index in [9.17, 15) is 4.39 Å². The summed E-state index contributed by atoms with van der Waals surface area (Å²) in [6.07, 6.45) is 0.739. The molecule has 0 radical (unpaired) electrons. The van der Waals surface area contributed by atoms with Gasteiger partial charge < -0.3 is 10.5 Å². The highest BCUT2D eigenvalue weighted by molar-refractivity contribution is 9.10. The first kappa shape index (κ1) is 14.0. The van der Waals surface area contributed by atoms with E-state index in [1.165, 1.54) is 12.1 Å². The van der Waals surface area contributed by atoms with E-state index in [1.807, 2.05) is 25.1 Å². The molecule has 0 aliphatic carbocycles. The molecule has 2 aromatic rings. The molecule has 19 heavy (non-hydrogen) atoms. The van der Waals surface area contributed by atoms with Gasteiger partial charge in [0.25, 0.3) is 0 Å². The number of halogens is 2. The summed E-state index contributed by atoms with van der Waals surface area (Å²) < 4.78 is 19.9. The van der Waals surface area contributed by atoms with Gasteiger partial charge in [-0.05, 0) is 61.3 Å². The summed E-state index contributed by atoms with van der Waals surface area (Å²) in [5.41, 5.74) is 7.39. The van der Waals surface area contributed by atoms with Crippen LogP contribution in [0, 0.1) is 12.7 Å². The Balaban J connectivity index is 2.33. The lowest BCUT2D eigenvalue weighted by molar-refractivity contribution is 0.470. The second-order valence-electron chi connectivity index (χ2n) is 4.30. The zero-order valence-electron chi connectivity index (χ0n) is 10.6. The van der Waals surface area contributed by atoms with Crippen molar-refractivity contribution in [3.63, 3.8) is 0 Å². The molecule has 4 heteroatoms. The summed E-state index contributed by atoms with van der Waals surface area (Å²) in [7, 11) is 0. The second-order valence-corrected chi connectivity index (χ2v) is 5.22. The van der Waals surface area contributed by atoms with Gasteiger partial charge in [0.2, 0.25) is 0 Å². The maximum absolute atomic E-state index is 13.1. The van der Waals surface area contributed by atoms with E-state index in [1.54, 1.807) is 6.07 Å². The van der Waals surface area contributed by atoms with Crippen LogP contribution in [0.15, 0.2) is 40.9 Å². The average Bonchev–Trinajstić information content (AvgIpc) is 2.36. The van der Waals surface area contributed by atoms with Crippen molar-refractivity contribution >= 4 is 15.9 Å². The Bertz CT molecular complexity index is 586. The molecule has 0 heterocycles. The van der Waals surface area contributed by atoms with E-state index in [2.05, 4.69) is 15.9 Å². The Kier molecular flexibility index (Phi) is 4.56. The molecule has 0 fully saturated rings. The summed E-state index contributed by atoms with van der Waals surface area (Å²) >= 11 is 3.42. The number of benzene rings is 2. The van der Waals surface area contributed by atoms with Gasteiger partial charge in [0.05, 0.1) is 0 Å². The van der Waals surface area contributed by atoms with Crippen LogP contribution in [0.5, 0.6) is 11.5 Å². The van der Waals surface area contributed by atoms with E-state index in [0.29, 0.717) is 12.3 Å². The minimum absolute atomic E-state index is 0.263. The van der Waals surface area contributed by atoms with Crippen LogP contribution in [0.4, 0.5) is 4.39 Å². The van der Waals surface area contributed by atoms with Crippen LogP contribution in [-0.4, -0.2) is 6.54 Å². The SMILES string of the molecule is Cc1cc(F)ccc1Oc1cc(Br)ccc1CCN. The van der Waals surface area contributed by atoms with E-state index in [-0.39, 0.29) is 5.82 Å². The summed E-state index contributed by atoms with van der Waals surface area (Å²) in [5, 5.41) is 0. The number of hydrogen-bond acceptors (Lipinski definition) is 2. The summed E-state index contributed by atoms with van der Waals surface area (Å²) in [6.45, 7) is 2.37. The Morgan fingerprint density at radius 3 is 2.63 bits per heavy atom. The molecule has 0 aliphatic heterocycles. The summed E-state index contributed by atoms with van der Waals surface area (Å²) in [4.78, 5) is 0. The van der Waals surface area contributed by atoms with Crippen LogP contribution in [0.3, 0.4) is 0 Å². The number of ether oxygens (including phenoxy) is 1. The third-order valence-electron chi connectivity index (χ3n) is 2.80. The lowest BCUT2D eigenvalue weighted by Gasteiger charge is -2.13. The molecule has 0 amide bonds. The van der Waals surface area contributed by atoms with Gasteiger partial charge >= 0.3 is 0 Å². The molecule has 2 N–H and O–H groups in total. The largest absolute Gasteiger partial charge is 0.457 e. The molecule has 0 spiro atoms. The molecule has 2 aromatic carbocycles. The quantitative estimate of drug-likeness (QED) is 0.915. The summed E-state index contributed by atoms with van der Waals surface area (Å²) in [5.74, 6) is 1.13. The first-order valence-corrected chi connectivity index (χ1v) is 6.82. The van der Waals surface area contributed by atoms with Crippen molar-refractivity contribution in [2.45, 2.75) is 13.3 Å². The van der Waals surface area contributed by atoms with Gasteiger partial charge in [-0.3, -0.25) is 0 Å². The molecule has 100 valence electrons. The van der Waals surface area contributed by atoms with Crippen LogP contribution in [-0.2, 0) is 6.42 Å². The first-order chi connectivity index (χ1) is 9.10. The number of nitrogens with two attached hydrogens (primary N) is 1. The lowest BCUT2D eigenvalue weighted by Crippen LogP contribution is -2.04. The topological polar surface area (TPSA) is 35.2 Å². The van der Waals surface area contributed by atoms with E-state index in [4.69, 9.17) is 10.5 Å². The van der Waals surface area contributed by atoms with Crippen LogP contribution < -0.4 is 10.5 Å².